The number of aryl methyl sites for hydroxylation is 1. The number of hydrogen-bond acceptors (Lipinski definition) is 4. The minimum Gasteiger partial charge on any atom is -0.492 e. The van der Waals surface area contributed by atoms with Crippen molar-refractivity contribution in [2.75, 3.05) is 11.9 Å². The van der Waals surface area contributed by atoms with E-state index in [2.05, 4.69) is 25.9 Å². The summed E-state index contributed by atoms with van der Waals surface area (Å²) in [4.78, 5) is 21.3. The molecule has 3 heterocycles. The lowest BCUT2D eigenvalue weighted by molar-refractivity contribution is -0.116. The van der Waals surface area contributed by atoms with Crippen LogP contribution in [0.1, 0.15) is 13.3 Å². The largest absolute Gasteiger partial charge is 0.492 e. The van der Waals surface area contributed by atoms with Gasteiger partial charge in [0.1, 0.15) is 11.4 Å². The standard InChI is InChI=1S/C23H22N4O2/c1-2-29-21-8-4-3-7-19(21)26-22(28)11-15-27-20(17-9-13-24-14-10-17)16-18-6-5-12-25-23(18)27/h3-10,12-14,16H,2,11,15H2,1H3,(H,26,28). The van der Waals surface area contributed by atoms with E-state index in [1.54, 1.807) is 18.6 Å². The topological polar surface area (TPSA) is 69.0 Å². The normalized spacial score (nSPS) is 10.8. The molecule has 1 aromatic carbocycles. The first-order valence-electron chi connectivity index (χ1n) is 9.62. The molecule has 0 radical (unpaired) electrons. The van der Waals surface area contributed by atoms with E-state index in [4.69, 9.17) is 4.74 Å². The third-order valence-corrected chi connectivity index (χ3v) is 4.66. The minimum absolute atomic E-state index is 0.0735. The first-order valence-corrected chi connectivity index (χ1v) is 9.62. The first kappa shape index (κ1) is 18.7. The first-order chi connectivity index (χ1) is 14.3. The monoisotopic (exact) mass is 386 g/mol. The molecule has 1 N–H and O–H groups in total. The maximum Gasteiger partial charge on any atom is 0.226 e. The average molecular weight is 386 g/mol. The number of pyridine rings is 2. The summed E-state index contributed by atoms with van der Waals surface area (Å²) in [5.74, 6) is 0.601. The third-order valence-electron chi connectivity index (χ3n) is 4.66. The maximum absolute atomic E-state index is 12.6. The van der Waals surface area contributed by atoms with Crippen LogP contribution < -0.4 is 10.1 Å². The van der Waals surface area contributed by atoms with E-state index in [9.17, 15) is 4.79 Å². The highest BCUT2D eigenvalue weighted by Gasteiger charge is 2.14. The van der Waals surface area contributed by atoms with Crippen molar-refractivity contribution >= 4 is 22.6 Å². The zero-order chi connectivity index (χ0) is 20.1. The zero-order valence-corrected chi connectivity index (χ0v) is 16.2. The van der Waals surface area contributed by atoms with E-state index < -0.39 is 0 Å². The van der Waals surface area contributed by atoms with Gasteiger partial charge in [-0.05, 0) is 49.4 Å². The summed E-state index contributed by atoms with van der Waals surface area (Å²) in [7, 11) is 0. The van der Waals surface area contributed by atoms with Crippen LogP contribution in [0.2, 0.25) is 0 Å². The van der Waals surface area contributed by atoms with Crippen LogP contribution in [0.15, 0.2) is 73.2 Å². The zero-order valence-electron chi connectivity index (χ0n) is 16.2. The number of carbonyl (C=O) groups is 1. The number of aromatic nitrogens is 3. The van der Waals surface area contributed by atoms with Crippen molar-refractivity contribution in [3.05, 3.63) is 73.2 Å². The number of ether oxygens (including phenoxy) is 1. The number of carbonyl (C=O) groups excluding carboxylic acids is 1. The lowest BCUT2D eigenvalue weighted by atomic mass is 10.2. The lowest BCUT2D eigenvalue weighted by Gasteiger charge is -2.13. The van der Waals surface area contributed by atoms with Crippen LogP contribution in [0.4, 0.5) is 5.69 Å². The Labute approximate surface area is 169 Å². The quantitative estimate of drug-likeness (QED) is 0.507. The van der Waals surface area contributed by atoms with Crippen molar-refractivity contribution in [3.8, 4) is 17.0 Å². The highest BCUT2D eigenvalue weighted by Crippen LogP contribution is 2.28. The maximum atomic E-state index is 12.6. The van der Waals surface area contributed by atoms with Crippen LogP contribution in [0.25, 0.3) is 22.3 Å². The highest BCUT2D eigenvalue weighted by atomic mass is 16.5. The van der Waals surface area contributed by atoms with Gasteiger partial charge in [-0.25, -0.2) is 4.98 Å². The molecule has 0 saturated carbocycles. The number of nitrogens with zero attached hydrogens (tertiary/aromatic N) is 3. The van der Waals surface area contributed by atoms with Crippen molar-refractivity contribution < 1.29 is 9.53 Å². The van der Waals surface area contributed by atoms with Crippen molar-refractivity contribution in [1.82, 2.24) is 14.5 Å². The van der Waals surface area contributed by atoms with E-state index >= 15 is 0 Å². The number of anilines is 1. The van der Waals surface area contributed by atoms with Gasteiger partial charge < -0.3 is 14.6 Å². The minimum atomic E-state index is -0.0735. The SMILES string of the molecule is CCOc1ccccc1NC(=O)CCn1c(-c2ccncc2)cc2cccnc21. The number of amides is 1. The van der Waals surface area contributed by atoms with E-state index in [1.165, 1.54) is 0 Å². The molecule has 4 rings (SSSR count). The molecule has 6 heteroatoms. The Bertz CT molecular complexity index is 1120. The second-order valence-corrected chi connectivity index (χ2v) is 6.56. The van der Waals surface area contributed by atoms with E-state index in [1.807, 2.05) is 55.5 Å². The van der Waals surface area contributed by atoms with Crippen LogP contribution >= 0.6 is 0 Å². The van der Waals surface area contributed by atoms with Gasteiger partial charge in [0.05, 0.1) is 18.0 Å². The van der Waals surface area contributed by atoms with Crippen molar-refractivity contribution in [1.29, 1.82) is 0 Å². The molecule has 0 fully saturated rings. The summed E-state index contributed by atoms with van der Waals surface area (Å²) in [6.45, 7) is 2.98. The second-order valence-electron chi connectivity index (χ2n) is 6.56. The molecule has 0 bridgehead atoms. The van der Waals surface area contributed by atoms with Gasteiger partial charge in [-0.3, -0.25) is 9.78 Å². The molecule has 0 saturated heterocycles. The molecule has 0 atom stereocenters. The van der Waals surface area contributed by atoms with Crippen LogP contribution in [0, 0.1) is 0 Å². The molecule has 0 aliphatic rings. The van der Waals surface area contributed by atoms with Gasteiger partial charge >= 0.3 is 0 Å². The Morgan fingerprint density at radius 2 is 1.90 bits per heavy atom. The van der Waals surface area contributed by atoms with Crippen molar-refractivity contribution in [3.63, 3.8) is 0 Å². The molecule has 0 aliphatic heterocycles. The molecule has 0 aliphatic carbocycles. The van der Waals surface area contributed by atoms with Crippen LogP contribution in [0.5, 0.6) is 5.75 Å². The molecule has 4 aromatic rings. The Hall–Kier alpha value is -3.67. The molecule has 1 amide bonds. The van der Waals surface area contributed by atoms with Crippen LogP contribution in [-0.4, -0.2) is 27.0 Å². The molecular weight excluding hydrogens is 364 g/mol. The van der Waals surface area contributed by atoms with Gasteiger partial charge in [0.15, 0.2) is 0 Å². The summed E-state index contributed by atoms with van der Waals surface area (Å²) in [5.41, 5.74) is 3.61. The van der Waals surface area contributed by atoms with E-state index in [0.717, 1.165) is 22.3 Å². The second kappa shape index (κ2) is 8.56. The van der Waals surface area contributed by atoms with Crippen molar-refractivity contribution in [2.45, 2.75) is 19.9 Å². The number of para-hydroxylation sites is 2. The predicted octanol–water partition coefficient (Wildman–Crippen LogP) is 4.53. The Kier molecular flexibility index (Phi) is 5.52. The van der Waals surface area contributed by atoms with E-state index in [-0.39, 0.29) is 5.91 Å². The van der Waals surface area contributed by atoms with Gasteiger partial charge in [0, 0.05) is 42.5 Å². The Balaban J connectivity index is 1.56. The summed E-state index contributed by atoms with van der Waals surface area (Å²) in [6.07, 6.45) is 5.62. The highest BCUT2D eigenvalue weighted by molar-refractivity contribution is 5.92. The lowest BCUT2D eigenvalue weighted by Crippen LogP contribution is -2.15. The molecule has 3 aromatic heterocycles. The number of rotatable bonds is 7. The molecular formula is C23H22N4O2. The van der Waals surface area contributed by atoms with Gasteiger partial charge in [-0.1, -0.05) is 12.1 Å². The fourth-order valence-electron chi connectivity index (χ4n) is 3.35. The van der Waals surface area contributed by atoms with Gasteiger partial charge in [-0.15, -0.1) is 0 Å². The molecule has 0 spiro atoms. The Morgan fingerprint density at radius 1 is 1.07 bits per heavy atom. The number of fused-ring (bicyclic) bond motifs is 1. The average Bonchev–Trinajstić information content (AvgIpc) is 3.13. The molecule has 146 valence electrons. The predicted molar refractivity (Wildman–Crippen MR) is 114 cm³/mol. The summed E-state index contributed by atoms with van der Waals surface area (Å²) < 4.78 is 7.67. The van der Waals surface area contributed by atoms with E-state index in [0.29, 0.717) is 31.0 Å². The number of nitrogens with one attached hydrogen (secondary N) is 1. The number of hydrogen-bond donors (Lipinski definition) is 1. The summed E-state index contributed by atoms with van der Waals surface area (Å²) in [6, 6.07) is 17.4. The molecule has 6 nitrogen and oxygen atoms in total. The van der Waals surface area contributed by atoms with Crippen LogP contribution in [0.3, 0.4) is 0 Å². The Morgan fingerprint density at radius 3 is 2.72 bits per heavy atom. The third kappa shape index (κ3) is 4.11. The van der Waals surface area contributed by atoms with Crippen LogP contribution in [-0.2, 0) is 11.3 Å². The van der Waals surface area contributed by atoms with Gasteiger partial charge in [0.25, 0.3) is 0 Å². The number of benzene rings is 1. The fraction of sp³-hybridized carbons (Fsp3) is 0.174. The smallest absolute Gasteiger partial charge is 0.226 e. The van der Waals surface area contributed by atoms with Gasteiger partial charge in [-0.2, -0.15) is 0 Å². The summed E-state index contributed by atoms with van der Waals surface area (Å²) >= 11 is 0. The fourth-order valence-corrected chi connectivity index (χ4v) is 3.35. The summed E-state index contributed by atoms with van der Waals surface area (Å²) in [5, 5.41) is 4.00. The van der Waals surface area contributed by atoms with Crippen molar-refractivity contribution in [2.24, 2.45) is 0 Å². The molecule has 0 unspecified atom stereocenters. The van der Waals surface area contributed by atoms with Gasteiger partial charge in [0.2, 0.25) is 5.91 Å². The molecule has 29 heavy (non-hydrogen) atoms.